The number of rotatable bonds is 6. The highest BCUT2D eigenvalue weighted by Gasteiger charge is 2.14. The van der Waals surface area contributed by atoms with Gasteiger partial charge in [0.15, 0.2) is 5.76 Å². The molecule has 1 aromatic carbocycles. The SMILES string of the molecule is CCc1cc(C(=O)NCc2ccc(C(=O)O)cc2)oc1CC. The smallest absolute Gasteiger partial charge is 0.335 e. The molecular formula is C17H19NO4. The number of hydrogen-bond donors (Lipinski definition) is 2. The predicted molar refractivity (Wildman–Crippen MR) is 82.0 cm³/mol. The molecule has 5 nitrogen and oxygen atoms in total. The molecule has 0 atom stereocenters. The molecule has 1 heterocycles. The van der Waals surface area contributed by atoms with Gasteiger partial charge in [-0.1, -0.05) is 26.0 Å². The Kier molecular flexibility index (Phi) is 4.99. The number of furan rings is 1. The minimum atomic E-state index is -0.967. The molecule has 0 saturated carbocycles. The quantitative estimate of drug-likeness (QED) is 0.859. The molecule has 0 radical (unpaired) electrons. The molecule has 1 amide bonds. The van der Waals surface area contributed by atoms with Crippen LogP contribution in [0.3, 0.4) is 0 Å². The minimum Gasteiger partial charge on any atom is -0.478 e. The van der Waals surface area contributed by atoms with Crippen molar-refractivity contribution in [1.29, 1.82) is 0 Å². The van der Waals surface area contributed by atoms with Crippen molar-refractivity contribution in [2.75, 3.05) is 0 Å². The second-order valence-corrected chi connectivity index (χ2v) is 4.95. The summed E-state index contributed by atoms with van der Waals surface area (Å²) in [5, 5.41) is 11.6. The summed E-state index contributed by atoms with van der Waals surface area (Å²) < 4.78 is 5.57. The van der Waals surface area contributed by atoms with Crippen LogP contribution in [-0.2, 0) is 19.4 Å². The summed E-state index contributed by atoms with van der Waals surface area (Å²) in [6.45, 7) is 4.34. The van der Waals surface area contributed by atoms with E-state index in [2.05, 4.69) is 5.32 Å². The molecule has 0 aliphatic rings. The largest absolute Gasteiger partial charge is 0.478 e. The van der Waals surface area contributed by atoms with Gasteiger partial charge >= 0.3 is 5.97 Å². The molecule has 0 unspecified atom stereocenters. The van der Waals surface area contributed by atoms with Crippen LogP contribution in [0.1, 0.15) is 51.6 Å². The molecule has 2 rings (SSSR count). The summed E-state index contributed by atoms with van der Waals surface area (Å²) in [5.41, 5.74) is 2.11. The van der Waals surface area contributed by atoms with Gasteiger partial charge in [0, 0.05) is 13.0 Å². The number of aromatic carboxylic acids is 1. The maximum Gasteiger partial charge on any atom is 0.335 e. The van der Waals surface area contributed by atoms with Crippen molar-refractivity contribution in [2.45, 2.75) is 33.2 Å². The van der Waals surface area contributed by atoms with Gasteiger partial charge < -0.3 is 14.8 Å². The summed E-state index contributed by atoms with van der Waals surface area (Å²) in [6.07, 6.45) is 1.59. The fraction of sp³-hybridized carbons (Fsp3) is 0.294. The van der Waals surface area contributed by atoms with Gasteiger partial charge in [-0.2, -0.15) is 0 Å². The van der Waals surface area contributed by atoms with Crippen LogP contribution in [0.15, 0.2) is 34.7 Å². The first-order valence-corrected chi connectivity index (χ1v) is 7.27. The van der Waals surface area contributed by atoms with Gasteiger partial charge in [0.1, 0.15) is 5.76 Å². The van der Waals surface area contributed by atoms with Gasteiger partial charge in [0.25, 0.3) is 5.91 Å². The molecule has 0 aliphatic heterocycles. The maximum absolute atomic E-state index is 12.1. The molecular weight excluding hydrogens is 282 g/mol. The molecule has 0 saturated heterocycles. The number of carbonyl (C=O) groups excluding carboxylic acids is 1. The molecule has 5 heteroatoms. The Hall–Kier alpha value is -2.56. The van der Waals surface area contributed by atoms with Crippen molar-refractivity contribution < 1.29 is 19.1 Å². The molecule has 0 bridgehead atoms. The van der Waals surface area contributed by atoms with E-state index in [0.29, 0.717) is 12.3 Å². The standard InChI is InChI=1S/C17H19NO4/c1-3-12-9-15(22-14(12)4-2)16(19)18-10-11-5-7-13(8-6-11)17(20)21/h5-9H,3-4,10H2,1-2H3,(H,18,19)(H,20,21). The lowest BCUT2D eigenvalue weighted by atomic mass is 10.1. The molecule has 1 aromatic heterocycles. The molecule has 0 aliphatic carbocycles. The third-order valence-electron chi connectivity index (χ3n) is 3.48. The van der Waals surface area contributed by atoms with E-state index >= 15 is 0 Å². The van der Waals surface area contributed by atoms with Crippen LogP contribution in [0.4, 0.5) is 0 Å². The number of carboxylic acid groups (broad SMARTS) is 1. The predicted octanol–water partition coefficient (Wildman–Crippen LogP) is 3.03. The molecule has 2 N–H and O–H groups in total. The Morgan fingerprint density at radius 3 is 2.32 bits per heavy atom. The van der Waals surface area contributed by atoms with E-state index in [0.717, 1.165) is 29.7 Å². The van der Waals surface area contributed by atoms with Crippen molar-refractivity contribution in [2.24, 2.45) is 0 Å². The van der Waals surface area contributed by atoms with E-state index in [-0.39, 0.29) is 11.5 Å². The number of carboxylic acids is 1. The van der Waals surface area contributed by atoms with Gasteiger partial charge in [-0.3, -0.25) is 4.79 Å². The van der Waals surface area contributed by atoms with Crippen LogP contribution in [0, 0.1) is 0 Å². The molecule has 22 heavy (non-hydrogen) atoms. The Bertz CT molecular complexity index is 649. The van der Waals surface area contributed by atoms with Crippen LogP contribution < -0.4 is 5.32 Å². The summed E-state index contributed by atoms with van der Waals surface area (Å²) in [7, 11) is 0. The van der Waals surface area contributed by atoms with Crippen molar-refractivity contribution in [1.82, 2.24) is 5.32 Å². The highest BCUT2D eigenvalue weighted by molar-refractivity contribution is 5.91. The minimum absolute atomic E-state index is 0.223. The van der Waals surface area contributed by atoms with Gasteiger partial charge in [0.2, 0.25) is 0 Å². The number of aryl methyl sites for hydroxylation is 2. The summed E-state index contributed by atoms with van der Waals surface area (Å²) >= 11 is 0. The van der Waals surface area contributed by atoms with Crippen LogP contribution in [0.2, 0.25) is 0 Å². The molecule has 2 aromatic rings. The Morgan fingerprint density at radius 2 is 1.82 bits per heavy atom. The molecule has 0 spiro atoms. The van der Waals surface area contributed by atoms with Crippen LogP contribution in [0.25, 0.3) is 0 Å². The lowest BCUT2D eigenvalue weighted by Crippen LogP contribution is -2.22. The first kappa shape index (κ1) is 15.8. The van der Waals surface area contributed by atoms with Gasteiger partial charge in [-0.05, 0) is 35.7 Å². The van der Waals surface area contributed by atoms with Crippen LogP contribution >= 0.6 is 0 Å². The zero-order valence-corrected chi connectivity index (χ0v) is 12.7. The van der Waals surface area contributed by atoms with E-state index in [4.69, 9.17) is 9.52 Å². The number of carbonyl (C=O) groups is 2. The van der Waals surface area contributed by atoms with E-state index in [1.807, 2.05) is 13.8 Å². The fourth-order valence-electron chi connectivity index (χ4n) is 2.21. The first-order valence-electron chi connectivity index (χ1n) is 7.27. The highest BCUT2D eigenvalue weighted by Crippen LogP contribution is 2.17. The Balaban J connectivity index is 2.00. The second kappa shape index (κ2) is 6.93. The van der Waals surface area contributed by atoms with Crippen molar-refractivity contribution in [3.8, 4) is 0 Å². The lowest BCUT2D eigenvalue weighted by Gasteiger charge is -2.04. The van der Waals surface area contributed by atoms with E-state index in [1.54, 1.807) is 18.2 Å². The number of benzene rings is 1. The molecule has 0 fully saturated rings. The second-order valence-electron chi connectivity index (χ2n) is 4.95. The Morgan fingerprint density at radius 1 is 1.14 bits per heavy atom. The average Bonchev–Trinajstić information content (AvgIpc) is 2.96. The summed E-state index contributed by atoms with van der Waals surface area (Å²) in [5.74, 6) is -0.0728. The zero-order valence-electron chi connectivity index (χ0n) is 12.7. The van der Waals surface area contributed by atoms with Crippen molar-refractivity contribution in [3.05, 3.63) is 58.5 Å². The van der Waals surface area contributed by atoms with E-state index in [9.17, 15) is 9.59 Å². The number of hydrogen-bond acceptors (Lipinski definition) is 3. The normalized spacial score (nSPS) is 10.5. The topological polar surface area (TPSA) is 79.5 Å². The Labute approximate surface area is 129 Å². The van der Waals surface area contributed by atoms with E-state index in [1.165, 1.54) is 12.1 Å². The van der Waals surface area contributed by atoms with Gasteiger partial charge in [-0.25, -0.2) is 4.79 Å². The third-order valence-corrected chi connectivity index (χ3v) is 3.48. The number of amides is 1. The first-order chi connectivity index (χ1) is 10.5. The van der Waals surface area contributed by atoms with Gasteiger partial charge in [-0.15, -0.1) is 0 Å². The lowest BCUT2D eigenvalue weighted by molar-refractivity contribution is 0.0696. The fourth-order valence-corrected chi connectivity index (χ4v) is 2.21. The third kappa shape index (κ3) is 3.55. The molecule has 116 valence electrons. The monoisotopic (exact) mass is 301 g/mol. The maximum atomic E-state index is 12.1. The van der Waals surface area contributed by atoms with Crippen molar-refractivity contribution in [3.63, 3.8) is 0 Å². The van der Waals surface area contributed by atoms with Crippen LogP contribution in [-0.4, -0.2) is 17.0 Å². The van der Waals surface area contributed by atoms with Crippen molar-refractivity contribution >= 4 is 11.9 Å². The summed E-state index contributed by atoms with van der Waals surface area (Å²) in [4.78, 5) is 22.9. The van der Waals surface area contributed by atoms with Crippen LogP contribution in [0.5, 0.6) is 0 Å². The highest BCUT2D eigenvalue weighted by atomic mass is 16.4. The zero-order chi connectivity index (χ0) is 16.1. The summed E-state index contributed by atoms with van der Waals surface area (Å²) in [6, 6.07) is 8.17. The average molecular weight is 301 g/mol. The van der Waals surface area contributed by atoms with E-state index < -0.39 is 5.97 Å². The number of nitrogens with one attached hydrogen (secondary N) is 1. The van der Waals surface area contributed by atoms with Gasteiger partial charge in [0.05, 0.1) is 5.56 Å².